The molecule has 0 radical (unpaired) electrons. The number of carbonyl (C=O) groups excluding carboxylic acids is 1. The summed E-state index contributed by atoms with van der Waals surface area (Å²) in [4.78, 5) is 11.7. The SMILES string of the molecule is CCCNS(=O)(=O)c1ccc(NC(C)C(=O)OCC)cc1. The summed E-state index contributed by atoms with van der Waals surface area (Å²) in [6.07, 6.45) is 0.732. The topological polar surface area (TPSA) is 84.5 Å². The summed E-state index contributed by atoms with van der Waals surface area (Å²) in [5.41, 5.74) is 0.657. The Kier molecular flexibility index (Phi) is 6.64. The molecule has 0 heterocycles. The van der Waals surface area contributed by atoms with Crippen LogP contribution >= 0.6 is 0 Å². The molecule has 0 aliphatic heterocycles. The molecule has 0 saturated heterocycles. The van der Waals surface area contributed by atoms with E-state index >= 15 is 0 Å². The lowest BCUT2D eigenvalue weighted by Gasteiger charge is -2.14. The molecular formula is C14H22N2O4S. The Morgan fingerprint density at radius 2 is 1.86 bits per heavy atom. The van der Waals surface area contributed by atoms with Gasteiger partial charge in [0.2, 0.25) is 10.0 Å². The van der Waals surface area contributed by atoms with Crippen molar-refractivity contribution in [3.8, 4) is 0 Å². The Balaban J connectivity index is 2.72. The highest BCUT2D eigenvalue weighted by molar-refractivity contribution is 7.89. The first-order chi connectivity index (χ1) is 9.90. The summed E-state index contributed by atoms with van der Waals surface area (Å²) in [5.74, 6) is -0.348. The molecule has 0 aromatic heterocycles. The molecule has 1 atom stereocenters. The molecule has 1 aromatic carbocycles. The van der Waals surface area contributed by atoms with E-state index in [4.69, 9.17) is 4.74 Å². The van der Waals surface area contributed by atoms with Gasteiger partial charge >= 0.3 is 5.97 Å². The monoisotopic (exact) mass is 314 g/mol. The lowest BCUT2D eigenvalue weighted by atomic mass is 10.2. The molecular weight excluding hydrogens is 292 g/mol. The van der Waals surface area contributed by atoms with E-state index in [9.17, 15) is 13.2 Å². The summed E-state index contributed by atoms with van der Waals surface area (Å²) in [6.45, 7) is 6.05. The molecule has 0 bridgehead atoms. The molecule has 0 amide bonds. The predicted molar refractivity (Wildman–Crippen MR) is 81.6 cm³/mol. The van der Waals surface area contributed by atoms with Crippen molar-refractivity contribution in [2.24, 2.45) is 0 Å². The minimum atomic E-state index is -3.46. The molecule has 1 rings (SSSR count). The van der Waals surface area contributed by atoms with Crippen LogP contribution in [-0.2, 0) is 19.6 Å². The van der Waals surface area contributed by atoms with Crippen LogP contribution in [0.15, 0.2) is 29.2 Å². The summed E-state index contributed by atoms with van der Waals surface area (Å²) in [7, 11) is -3.46. The van der Waals surface area contributed by atoms with E-state index < -0.39 is 16.1 Å². The fraction of sp³-hybridized carbons (Fsp3) is 0.500. The standard InChI is InChI=1S/C14H22N2O4S/c1-4-10-15-21(18,19)13-8-6-12(7-9-13)16-11(3)14(17)20-5-2/h6-9,11,15-16H,4-5,10H2,1-3H3. The van der Waals surface area contributed by atoms with Gasteiger partial charge in [0.15, 0.2) is 0 Å². The van der Waals surface area contributed by atoms with Gasteiger partial charge in [-0.2, -0.15) is 0 Å². The normalized spacial score (nSPS) is 12.7. The highest BCUT2D eigenvalue weighted by Gasteiger charge is 2.15. The highest BCUT2D eigenvalue weighted by atomic mass is 32.2. The molecule has 1 unspecified atom stereocenters. The Morgan fingerprint density at radius 1 is 1.24 bits per heavy atom. The molecule has 0 aliphatic carbocycles. The van der Waals surface area contributed by atoms with Gasteiger partial charge in [-0.25, -0.2) is 17.9 Å². The minimum absolute atomic E-state index is 0.199. The van der Waals surface area contributed by atoms with Crippen LogP contribution in [0.4, 0.5) is 5.69 Å². The molecule has 1 aromatic rings. The van der Waals surface area contributed by atoms with Gasteiger partial charge < -0.3 is 10.1 Å². The average molecular weight is 314 g/mol. The highest BCUT2D eigenvalue weighted by Crippen LogP contribution is 2.15. The van der Waals surface area contributed by atoms with Crippen molar-refractivity contribution >= 4 is 21.7 Å². The van der Waals surface area contributed by atoms with E-state index in [0.717, 1.165) is 6.42 Å². The van der Waals surface area contributed by atoms with Crippen molar-refractivity contribution < 1.29 is 17.9 Å². The number of ether oxygens (including phenoxy) is 1. The third-order valence-corrected chi connectivity index (χ3v) is 4.21. The smallest absolute Gasteiger partial charge is 0.328 e. The van der Waals surface area contributed by atoms with Crippen molar-refractivity contribution in [1.29, 1.82) is 0 Å². The molecule has 118 valence electrons. The number of nitrogens with one attached hydrogen (secondary N) is 2. The predicted octanol–water partition coefficient (Wildman–Crippen LogP) is 1.74. The van der Waals surface area contributed by atoms with Crippen LogP contribution in [0.25, 0.3) is 0 Å². The van der Waals surface area contributed by atoms with E-state index in [1.54, 1.807) is 26.0 Å². The number of hydrogen-bond donors (Lipinski definition) is 2. The number of sulfonamides is 1. The van der Waals surface area contributed by atoms with Crippen molar-refractivity contribution in [3.63, 3.8) is 0 Å². The molecule has 21 heavy (non-hydrogen) atoms. The van der Waals surface area contributed by atoms with Crippen molar-refractivity contribution in [2.75, 3.05) is 18.5 Å². The van der Waals surface area contributed by atoms with Gasteiger partial charge in [0.1, 0.15) is 6.04 Å². The van der Waals surface area contributed by atoms with Crippen molar-refractivity contribution in [3.05, 3.63) is 24.3 Å². The Bertz CT molecular complexity index is 555. The number of anilines is 1. The van der Waals surface area contributed by atoms with E-state index in [2.05, 4.69) is 10.0 Å². The van der Waals surface area contributed by atoms with Crippen LogP contribution in [-0.4, -0.2) is 33.6 Å². The van der Waals surface area contributed by atoms with E-state index in [-0.39, 0.29) is 10.9 Å². The lowest BCUT2D eigenvalue weighted by Crippen LogP contribution is -2.28. The van der Waals surface area contributed by atoms with Crippen molar-refractivity contribution in [1.82, 2.24) is 4.72 Å². The Hall–Kier alpha value is -1.60. The van der Waals surface area contributed by atoms with Crippen LogP contribution in [0.1, 0.15) is 27.2 Å². The van der Waals surface area contributed by atoms with Gasteiger partial charge in [0.05, 0.1) is 11.5 Å². The van der Waals surface area contributed by atoms with E-state index in [1.165, 1.54) is 12.1 Å². The summed E-state index contributed by atoms with van der Waals surface area (Å²) >= 11 is 0. The number of carbonyl (C=O) groups is 1. The van der Waals surface area contributed by atoms with Crippen molar-refractivity contribution in [2.45, 2.75) is 38.1 Å². The van der Waals surface area contributed by atoms with Crippen LogP contribution in [0.2, 0.25) is 0 Å². The van der Waals surface area contributed by atoms with Gasteiger partial charge in [0, 0.05) is 12.2 Å². The maximum atomic E-state index is 11.9. The quantitative estimate of drug-likeness (QED) is 0.714. The van der Waals surface area contributed by atoms with Gasteiger partial charge in [-0.3, -0.25) is 0 Å². The Labute approximate surface area is 125 Å². The molecule has 0 fully saturated rings. The van der Waals surface area contributed by atoms with Crippen LogP contribution in [0.5, 0.6) is 0 Å². The maximum Gasteiger partial charge on any atom is 0.328 e. The molecule has 2 N–H and O–H groups in total. The van der Waals surface area contributed by atoms with E-state index in [1.807, 2.05) is 6.92 Å². The molecule has 0 aliphatic rings. The second kappa shape index (κ2) is 7.99. The summed E-state index contributed by atoms with van der Waals surface area (Å²) in [5, 5.41) is 2.96. The second-order valence-corrected chi connectivity index (χ2v) is 6.31. The van der Waals surface area contributed by atoms with Gasteiger partial charge in [-0.1, -0.05) is 6.92 Å². The molecule has 0 spiro atoms. The third kappa shape index (κ3) is 5.35. The van der Waals surface area contributed by atoms with Crippen LogP contribution in [0.3, 0.4) is 0 Å². The number of esters is 1. The first-order valence-electron chi connectivity index (χ1n) is 6.93. The van der Waals surface area contributed by atoms with Gasteiger partial charge in [-0.05, 0) is 44.5 Å². The third-order valence-electron chi connectivity index (χ3n) is 2.73. The lowest BCUT2D eigenvalue weighted by molar-refractivity contribution is -0.143. The summed E-state index contributed by atoms with van der Waals surface area (Å²) in [6, 6.07) is 5.74. The van der Waals surface area contributed by atoms with E-state index in [0.29, 0.717) is 18.8 Å². The largest absolute Gasteiger partial charge is 0.464 e. The second-order valence-electron chi connectivity index (χ2n) is 4.54. The number of benzene rings is 1. The molecule has 0 saturated carbocycles. The fourth-order valence-corrected chi connectivity index (χ4v) is 2.76. The zero-order valence-electron chi connectivity index (χ0n) is 12.5. The van der Waals surface area contributed by atoms with Crippen LogP contribution in [0, 0.1) is 0 Å². The molecule has 6 nitrogen and oxygen atoms in total. The first-order valence-corrected chi connectivity index (χ1v) is 8.42. The van der Waals surface area contributed by atoms with Gasteiger partial charge in [-0.15, -0.1) is 0 Å². The van der Waals surface area contributed by atoms with Gasteiger partial charge in [0.25, 0.3) is 0 Å². The number of hydrogen-bond acceptors (Lipinski definition) is 5. The first kappa shape index (κ1) is 17.5. The molecule has 7 heteroatoms. The summed E-state index contributed by atoms with van der Waals surface area (Å²) < 4.78 is 31.2. The minimum Gasteiger partial charge on any atom is -0.464 e. The zero-order chi connectivity index (χ0) is 15.9. The average Bonchev–Trinajstić information content (AvgIpc) is 2.46. The zero-order valence-corrected chi connectivity index (χ0v) is 13.4. The maximum absolute atomic E-state index is 11.9. The fourth-order valence-electron chi connectivity index (χ4n) is 1.63. The van der Waals surface area contributed by atoms with Crippen LogP contribution < -0.4 is 10.0 Å². The Morgan fingerprint density at radius 3 is 2.38 bits per heavy atom. The number of rotatable bonds is 8.